The van der Waals surface area contributed by atoms with Crippen LogP contribution in [-0.2, 0) is 16.0 Å². The van der Waals surface area contributed by atoms with Crippen molar-refractivity contribution in [2.45, 2.75) is 13.3 Å². The molecule has 1 aliphatic heterocycles. The largest absolute Gasteiger partial charge is 0.399 e. The molecular formula is C19H17N3O2S2. The van der Waals surface area contributed by atoms with Crippen molar-refractivity contribution in [2.75, 3.05) is 5.73 Å². The Balaban J connectivity index is 1.76. The van der Waals surface area contributed by atoms with Crippen LogP contribution in [0.3, 0.4) is 0 Å². The average molecular weight is 383 g/mol. The molecule has 5 nitrogen and oxygen atoms in total. The van der Waals surface area contributed by atoms with E-state index in [1.54, 1.807) is 12.1 Å². The van der Waals surface area contributed by atoms with Gasteiger partial charge in [-0.15, -0.1) is 0 Å². The number of benzene rings is 2. The first-order chi connectivity index (χ1) is 12.5. The van der Waals surface area contributed by atoms with Crippen LogP contribution >= 0.6 is 24.0 Å². The molecule has 0 radical (unpaired) electrons. The SMILES string of the molecule is C/C(=C1/SC(=S)N(NC(=O)Cc2ccccc2)C1=O)c1cccc(N)c1. The molecule has 0 atom stereocenters. The van der Waals surface area contributed by atoms with E-state index in [1.807, 2.05) is 49.4 Å². The maximum Gasteiger partial charge on any atom is 0.285 e. The number of amides is 2. The maximum absolute atomic E-state index is 12.7. The molecule has 3 rings (SSSR count). The first kappa shape index (κ1) is 18.2. The average Bonchev–Trinajstić information content (AvgIpc) is 2.90. The number of nitrogens with one attached hydrogen (secondary N) is 1. The Morgan fingerprint density at radius 1 is 1.19 bits per heavy atom. The lowest BCUT2D eigenvalue weighted by Crippen LogP contribution is -2.45. The zero-order chi connectivity index (χ0) is 18.7. The van der Waals surface area contributed by atoms with E-state index in [9.17, 15) is 9.59 Å². The van der Waals surface area contributed by atoms with Crippen molar-refractivity contribution in [1.29, 1.82) is 0 Å². The van der Waals surface area contributed by atoms with Crippen molar-refractivity contribution in [3.05, 3.63) is 70.6 Å². The number of thioether (sulfide) groups is 1. The van der Waals surface area contributed by atoms with E-state index in [0.29, 0.717) is 14.9 Å². The van der Waals surface area contributed by atoms with Crippen molar-refractivity contribution in [1.82, 2.24) is 10.4 Å². The molecular weight excluding hydrogens is 366 g/mol. The molecule has 132 valence electrons. The molecule has 0 bridgehead atoms. The Hall–Kier alpha value is -2.64. The van der Waals surface area contributed by atoms with Crippen molar-refractivity contribution in [3.8, 4) is 0 Å². The van der Waals surface area contributed by atoms with Crippen molar-refractivity contribution in [2.24, 2.45) is 0 Å². The standard InChI is InChI=1S/C19H17N3O2S2/c1-12(14-8-5-9-15(20)11-14)17-18(24)22(19(25)26-17)21-16(23)10-13-6-3-2-4-7-13/h2-9,11H,10,20H2,1H3,(H,21,23)/b17-12-. The van der Waals surface area contributed by atoms with Gasteiger partial charge in [-0.2, -0.15) is 5.01 Å². The summed E-state index contributed by atoms with van der Waals surface area (Å²) in [5.74, 6) is -0.628. The molecule has 2 amide bonds. The lowest BCUT2D eigenvalue weighted by Gasteiger charge is -2.15. The van der Waals surface area contributed by atoms with E-state index >= 15 is 0 Å². The minimum atomic E-state index is -0.332. The predicted octanol–water partition coefficient (Wildman–Crippen LogP) is 3.13. The molecule has 0 unspecified atom stereocenters. The lowest BCUT2D eigenvalue weighted by molar-refractivity contribution is -0.132. The molecule has 26 heavy (non-hydrogen) atoms. The van der Waals surface area contributed by atoms with Gasteiger partial charge in [0.05, 0.1) is 11.3 Å². The number of hydrogen-bond donors (Lipinski definition) is 2. The minimum absolute atomic E-state index is 0.172. The first-order valence-electron chi connectivity index (χ1n) is 7.92. The summed E-state index contributed by atoms with van der Waals surface area (Å²) in [5, 5.41) is 1.14. The zero-order valence-corrected chi connectivity index (χ0v) is 15.7. The van der Waals surface area contributed by atoms with E-state index in [-0.39, 0.29) is 18.2 Å². The van der Waals surface area contributed by atoms with E-state index in [0.717, 1.165) is 21.7 Å². The van der Waals surface area contributed by atoms with Gasteiger partial charge in [-0.1, -0.05) is 54.2 Å². The summed E-state index contributed by atoms with van der Waals surface area (Å²) < 4.78 is 0.301. The number of hydrazine groups is 1. The van der Waals surface area contributed by atoms with Crippen LogP contribution in [0.2, 0.25) is 0 Å². The Bertz CT molecular complexity index is 910. The summed E-state index contributed by atoms with van der Waals surface area (Å²) in [4.78, 5) is 25.4. The van der Waals surface area contributed by atoms with Crippen LogP contribution in [0.25, 0.3) is 5.57 Å². The van der Waals surface area contributed by atoms with Gasteiger partial charge in [0, 0.05) is 5.69 Å². The molecule has 1 heterocycles. The van der Waals surface area contributed by atoms with E-state index in [1.165, 1.54) is 11.8 Å². The molecule has 2 aromatic carbocycles. The molecule has 0 spiro atoms. The summed E-state index contributed by atoms with van der Waals surface area (Å²) in [5.41, 5.74) is 11.5. The molecule has 1 aliphatic rings. The van der Waals surface area contributed by atoms with E-state index in [4.69, 9.17) is 18.0 Å². The number of allylic oxidation sites excluding steroid dienone is 1. The van der Waals surface area contributed by atoms with Crippen LogP contribution in [0.5, 0.6) is 0 Å². The van der Waals surface area contributed by atoms with Crippen LogP contribution in [0, 0.1) is 0 Å². The zero-order valence-electron chi connectivity index (χ0n) is 14.1. The van der Waals surface area contributed by atoms with Gasteiger partial charge < -0.3 is 5.73 Å². The summed E-state index contributed by atoms with van der Waals surface area (Å²) in [7, 11) is 0. The van der Waals surface area contributed by atoms with Crippen molar-refractivity contribution in [3.63, 3.8) is 0 Å². The molecule has 0 aromatic heterocycles. The van der Waals surface area contributed by atoms with Crippen LogP contribution in [0.1, 0.15) is 18.1 Å². The highest BCUT2D eigenvalue weighted by Gasteiger charge is 2.35. The van der Waals surface area contributed by atoms with Crippen molar-refractivity contribution >= 4 is 51.4 Å². The number of thiocarbonyl (C=S) groups is 1. The third-order valence-corrected chi connectivity index (χ3v) is 5.35. The van der Waals surface area contributed by atoms with Gasteiger partial charge in [0.2, 0.25) is 5.91 Å². The summed E-state index contributed by atoms with van der Waals surface area (Å²) >= 11 is 6.44. The lowest BCUT2D eigenvalue weighted by atomic mass is 10.1. The van der Waals surface area contributed by atoms with Gasteiger partial charge in [-0.3, -0.25) is 15.0 Å². The number of anilines is 1. The third-order valence-electron chi connectivity index (χ3n) is 3.87. The molecule has 0 saturated carbocycles. The van der Waals surface area contributed by atoms with E-state index in [2.05, 4.69) is 5.43 Å². The summed E-state index contributed by atoms with van der Waals surface area (Å²) in [6.07, 6.45) is 0.172. The molecule has 3 N–H and O–H groups in total. The highest BCUT2D eigenvalue weighted by atomic mass is 32.2. The summed E-state index contributed by atoms with van der Waals surface area (Å²) in [6, 6.07) is 16.6. The monoisotopic (exact) mass is 383 g/mol. The second-order valence-corrected chi connectivity index (χ2v) is 7.43. The normalized spacial score (nSPS) is 16.0. The van der Waals surface area contributed by atoms with Crippen LogP contribution < -0.4 is 11.2 Å². The quantitative estimate of drug-likeness (QED) is 0.482. The predicted molar refractivity (Wildman–Crippen MR) is 109 cm³/mol. The fourth-order valence-electron chi connectivity index (χ4n) is 2.54. The van der Waals surface area contributed by atoms with Gasteiger partial charge >= 0.3 is 0 Å². The highest BCUT2D eigenvalue weighted by molar-refractivity contribution is 8.26. The summed E-state index contributed by atoms with van der Waals surface area (Å²) in [6.45, 7) is 1.84. The fourth-order valence-corrected chi connectivity index (χ4v) is 3.77. The van der Waals surface area contributed by atoms with E-state index < -0.39 is 0 Å². The Morgan fingerprint density at radius 3 is 2.62 bits per heavy atom. The maximum atomic E-state index is 12.7. The number of nitrogens with two attached hydrogens (primary N) is 1. The molecule has 1 fully saturated rings. The molecule has 7 heteroatoms. The van der Waals surface area contributed by atoms with Gasteiger partial charge in [-0.05, 0) is 48.0 Å². The van der Waals surface area contributed by atoms with Gasteiger partial charge in [0.1, 0.15) is 0 Å². The highest BCUT2D eigenvalue weighted by Crippen LogP contribution is 2.36. The van der Waals surface area contributed by atoms with Gasteiger partial charge in [0.15, 0.2) is 4.32 Å². The number of carbonyl (C=O) groups excluding carboxylic acids is 2. The second kappa shape index (κ2) is 7.72. The Kier molecular flexibility index (Phi) is 5.39. The Labute approximate surface area is 161 Å². The van der Waals surface area contributed by atoms with Crippen LogP contribution in [0.15, 0.2) is 59.5 Å². The number of hydrogen-bond acceptors (Lipinski definition) is 5. The topological polar surface area (TPSA) is 75.4 Å². The number of nitrogen functional groups attached to an aromatic ring is 1. The van der Waals surface area contributed by atoms with Gasteiger partial charge in [0.25, 0.3) is 5.91 Å². The smallest absolute Gasteiger partial charge is 0.285 e. The first-order valence-corrected chi connectivity index (χ1v) is 9.14. The van der Waals surface area contributed by atoms with Crippen LogP contribution in [-0.4, -0.2) is 21.1 Å². The second-order valence-electron chi connectivity index (χ2n) is 5.79. The molecule has 1 saturated heterocycles. The van der Waals surface area contributed by atoms with Gasteiger partial charge in [-0.25, -0.2) is 0 Å². The van der Waals surface area contributed by atoms with Crippen molar-refractivity contribution < 1.29 is 9.59 Å². The molecule has 0 aliphatic carbocycles. The fraction of sp³-hybridized carbons (Fsp3) is 0.105. The number of carbonyl (C=O) groups is 2. The number of nitrogens with zero attached hydrogens (tertiary/aromatic N) is 1. The Morgan fingerprint density at radius 2 is 1.92 bits per heavy atom. The van der Waals surface area contributed by atoms with Crippen LogP contribution in [0.4, 0.5) is 5.69 Å². The number of rotatable bonds is 4. The third kappa shape index (κ3) is 3.95. The minimum Gasteiger partial charge on any atom is -0.399 e. The molecule has 2 aromatic rings.